The zero-order valence-corrected chi connectivity index (χ0v) is 20.9. The van der Waals surface area contributed by atoms with E-state index >= 15 is 0 Å². The molecule has 1 amide bonds. The van der Waals surface area contributed by atoms with Crippen LogP contribution in [0.4, 0.5) is 11.6 Å². The Balaban J connectivity index is 1.56. The maximum absolute atomic E-state index is 13.0. The fourth-order valence-electron chi connectivity index (χ4n) is 3.80. The summed E-state index contributed by atoms with van der Waals surface area (Å²) in [4.78, 5) is 36.1. The van der Waals surface area contributed by atoms with Crippen LogP contribution in [-0.4, -0.2) is 47.6 Å². The first-order valence-electron chi connectivity index (χ1n) is 11.7. The highest BCUT2D eigenvalue weighted by atomic mass is 16.6. The van der Waals surface area contributed by atoms with E-state index in [1.807, 2.05) is 47.4 Å². The lowest BCUT2D eigenvalue weighted by atomic mass is 10.2. The zero-order valence-electron chi connectivity index (χ0n) is 20.9. The number of carbonyl (C=O) groups is 2. The van der Waals surface area contributed by atoms with Crippen molar-refractivity contribution in [3.63, 3.8) is 0 Å². The average Bonchev–Trinajstić information content (AvgIpc) is 3.29. The highest BCUT2D eigenvalue weighted by Gasteiger charge is 2.25. The van der Waals surface area contributed by atoms with E-state index < -0.39 is 17.5 Å². The SMILES string of the molecule is COc1ccc(COc2nc(N3CCc4ccccc43)ncc2C(=O)NCC(=O)OC(C)(C)C)cc1. The summed E-state index contributed by atoms with van der Waals surface area (Å²) in [6.07, 6.45) is 2.30. The Kier molecular flexibility index (Phi) is 7.38. The topological polar surface area (TPSA) is 103 Å². The monoisotopic (exact) mass is 490 g/mol. The van der Waals surface area contributed by atoms with Gasteiger partial charge in [-0.2, -0.15) is 4.98 Å². The number of methoxy groups -OCH3 is 1. The number of hydrogen-bond donors (Lipinski definition) is 1. The molecule has 0 fully saturated rings. The van der Waals surface area contributed by atoms with Crippen molar-refractivity contribution in [2.75, 3.05) is 25.1 Å². The van der Waals surface area contributed by atoms with Crippen LogP contribution < -0.4 is 19.7 Å². The van der Waals surface area contributed by atoms with E-state index in [0.29, 0.717) is 5.95 Å². The van der Waals surface area contributed by atoms with Gasteiger partial charge in [0.2, 0.25) is 11.8 Å². The number of nitrogens with one attached hydrogen (secondary N) is 1. The molecule has 0 bridgehead atoms. The van der Waals surface area contributed by atoms with E-state index in [1.54, 1.807) is 27.9 Å². The first kappa shape index (κ1) is 25.0. The number of aromatic nitrogens is 2. The summed E-state index contributed by atoms with van der Waals surface area (Å²) >= 11 is 0. The van der Waals surface area contributed by atoms with Crippen molar-refractivity contribution in [2.45, 2.75) is 39.4 Å². The number of anilines is 2. The Morgan fingerprint density at radius 2 is 1.83 bits per heavy atom. The Morgan fingerprint density at radius 1 is 1.08 bits per heavy atom. The number of carbonyl (C=O) groups excluding carboxylic acids is 2. The van der Waals surface area contributed by atoms with Crippen molar-refractivity contribution in [3.05, 3.63) is 71.4 Å². The van der Waals surface area contributed by atoms with Crippen LogP contribution in [0.5, 0.6) is 11.6 Å². The number of hydrogen-bond acceptors (Lipinski definition) is 8. The summed E-state index contributed by atoms with van der Waals surface area (Å²) in [5.74, 6) is 0.231. The Morgan fingerprint density at radius 3 is 2.56 bits per heavy atom. The molecule has 0 atom stereocenters. The smallest absolute Gasteiger partial charge is 0.325 e. The van der Waals surface area contributed by atoms with Crippen molar-refractivity contribution >= 4 is 23.5 Å². The van der Waals surface area contributed by atoms with Gasteiger partial charge >= 0.3 is 5.97 Å². The molecule has 0 saturated carbocycles. The standard InChI is InChI=1S/C27H30N4O5/c1-27(2,3)36-23(32)16-28-24(33)21-15-29-26(31-14-13-19-7-5-6-8-22(19)31)30-25(21)35-17-18-9-11-20(34-4)12-10-18/h5-12,15H,13-14,16-17H2,1-4H3,(H,28,33). The second kappa shape index (κ2) is 10.6. The summed E-state index contributed by atoms with van der Waals surface area (Å²) in [6, 6.07) is 15.5. The third-order valence-corrected chi connectivity index (χ3v) is 5.46. The minimum Gasteiger partial charge on any atom is -0.497 e. The van der Waals surface area contributed by atoms with Crippen LogP contribution in [0.1, 0.15) is 42.3 Å². The Hall–Kier alpha value is -4.14. The van der Waals surface area contributed by atoms with Crippen molar-refractivity contribution in [2.24, 2.45) is 0 Å². The third kappa shape index (κ3) is 6.10. The number of ether oxygens (including phenoxy) is 3. The molecule has 2 aromatic carbocycles. The van der Waals surface area contributed by atoms with Crippen LogP contribution >= 0.6 is 0 Å². The largest absolute Gasteiger partial charge is 0.497 e. The average molecular weight is 491 g/mol. The molecule has 4 rings (SSSR count). The molecule has 0 unspecified atom stereocenters. The molecule has 1 aromatic heterocycles. The van der Waals surface area contributed by atoms with Crippen molar-refractivity contribution in [1.29, 1.82) is 0 Å². The number of rotatable bonds is 8. The lowest BCUT2D eigenvalue weighted by Crippen LogP contribution is -2.35. The molecule has 9 nitrogen and oxygen atoms in total. The Labute approximate surface area is 210 Å². The van der Waals surface area contributed by atoms with Crippen LogP contribution in [-0.2, 0) is 22.6 Å². The first-order valence-corrected chi connectivity index (χ1v) is 11.7. The summed E-state index contributed by atoms with van der Waals surface area (Å²) in [5, 5.41) is 2.58. The van der Waals surface area contributed by atoms with Gasteiger partial charge < -0.3 is 24.4 Å². The van der Waals surface area contributed by atoms with Crippen LogP contribution in [0.3, 0.4) is 0 Å². The van der Waals surface area contributed by atoms with Gasteiger partial charge in [-0.25, -0.2) is 4.98 Å². The molecule has 9 heteroatoms. The molecule has 188 valence electrons. The summed E-state index contributed by atoms with van der Waals surface area (Å²) in [6.45, 7) is 5.92. The van der Waals surface area contributed by atoms with E-state index in [0.717, 1.165) is 30.0 Å². The lowest BCUT2D eigenvalue weighted by molar-refractivity contribution is -0.153. The zero-order chi connectivity index (χ0) is 25.7. The van der Waals surface area contributed by atoms with Gasteiger partial charge in [-0.1, -0.05) is 30.3 Å². The fourth-order valence-corrected chi connectivity index (χ4v) is 3.80. The minimum atomic E-state index is -0.648. The minimum absolute atomic E-state index is 0.127. The maximum Gasteiger partial charge on any atom is 0.325 e. The fraction of sp³-hybridized carbons (Fsp3) is 0.333. The first-order chi connectivity index (χ1) is 17.2. The number of esters is 1. The van der Waals surface area contributed by atoms with Gasteiger partial charge in [0, 0.05) is 18.4 Å². The van der Waals surface area contributed by atoms with Gasteiger partial charge in [0.05, 0.1) is 7.11 Å². The van der Waals surface area contributed by atoms with E-state index in [1.165, 1.54) is 11.8 Å². The lowest BCUT2D eigenvalue weighted by Gasteiger charge is -2.20. The van der Waals surface area contributed by atoms with Crippen LogP contribution in [0.15, 0.2) is 54.7 Å². The molecular weight excluding hydrogens is 460 g/mol. The van der Waals surface area contributed by atoms with E-state index in [-0.39, 0.29) is 24.6 Å². The van der Waals surface area contributed by atoms with Gasteiger partial charge in [0.1, 0.15) is 30.1 Å². The van der Waals surface area contributed by atoms with Crippen LogP contribution in [0, 0.1) is 0 Å². The highest BCUT2D eigenvalue weighted by molar-refractivity contribution is 5.97. The third-order valence-electron chi connectivity index (χ3n) is 5.46. The number of nitrogens with zero attached hydrogens (tertiary/aromatic N) is 3. The number of fused-ring (bicyclic) bond motifs is 1. The second-order valence-electron chi connectivity index (χ2n) is 9.33. The molecular formula is C27H30N4O5. The molecule has 0 spiro atoms. The Bertz CT molecular complexity index is 1240. The number of amides is 1. The molecule has 1 aliphatic heterocycles. The highest BCUT2D eigenvalue weighted by Crippen LogP contribution is 2.33. The van der Waals surface area contributed by atoms with E-state index in [4.69, 9.17) is 14.2 Å². The van der Waals surface area contributed by atoms with Gasteiger partial charge in [-0.15, -0.1) is 0 Å². The van der Waals surface area contributed by atoms with Gasteiger partial charge in [-0.3, -0.25) is 9.59 Å². The number of para-hydroxylation sites is 1. The second-order valence-corrected chi connectivity index (χ2v) is 9.33. The molecule has 3 aromatic rings. The normalized spacial score (nSPS) is 12.6. The van der Waals surface area contributed by atoms with Gasteiger partial charge in [-0.05, 0) is 56.5 Å². The molecule has 36 heavy (non-hydrogen) atoms. The predicted molar refractivity (Wildman–Crippen MR) is 135 cm³/mol. The van der Waals surface area contributed by atoms with Gasteiger partial charge in [0.15, 0.2) is 0 Å². The molecule has 1 N–H and O–H groups in total. The molecule has 0 saturated heterocycles. The molecule has 0 aliphatic carbocycles. The van der Waals surface area contributed by atoms with Crippen LogP contribution in [0.2, 0.25) is 0 Å². The summed E-state index contributed by atoms with van der Waals surface area (Å²) in [5.41, 5.74) is 2.60. The van der Waals surface area contributed by atoms with Crippen molar-refractivity contribution < 1.29 is 23.8 Å². The van der Waals surface area contributed by atoms with Crippen molar-refractivity contribution in [3.8, 4) is 11.6 Å². The predicted octanol–water partition coefficient (Wildman–Crippen LogP) is 3.83. The molecule has 0 radical (unpaired) electrons. The van der Waals surface area contributed by atoms with Gasteiger partial charge in [0.25, 0.3) is 5.91 Å². The van der Waals surface area contributed by atoms with E-state index in [2.05, 4.69) is 21.4 Å². The van der Waals surface area contributed by atoms with Crippen LogP contribution in [0.25, 0.3) is 0 Å². The quantitative estimate of drug-likeness (QED) is 0.475. The molecule has 1 aliphatic rings. The molecule has 2 heterocycles. The van der Waals surface area contributed by atoms with E-state index in [9.17, 15) is 9.59 Å². The summed E-state index contributed by atoms with van der Waals surface area (Å²) in [7, 11) is 1.60. The summed E-state index contributed by atoms with van der Waals surface area (Å²) < 4.78 is 16.5. The maximum atomic E-state index is 13.0. The number of benzene rings is 2. The van der Waals surface area contributed by atoms with Crippen molar-refractivity contribution in [1.82, 2.24) is 15.3 Å².